The first-order valence-corrected chi connectivity index (χ1v) is 9.86. The van der Waals surface area contributed by atoms with Crippen LogP contribution in [0.3, 0.4) is 0 Å². The average molecular weight is 451 g/mol. The molecular weight excluding hydrogens is 419 g/mol. The number of rotatable bonds is 9. The Balaban J connectivity index is 0.00000225. The van der Waals surface area contributed by atoms with E-state index in [1.54, 1.807) is 0 Å². The lowest BCUT2D eigenvalue weighted by atomic mass is 10.1. The molecule has 3 N–H and O–H groups in total. The Kier molecular flexibility index (Phi) is 10.9. The van der Waals surface area contributed by atoms with E-state index >= 15 is 0 Å². The fourth-order valence-electron chi connectivity index (χ4n) is 3.39. The third-order valence-corrected chi connectivity index (χ3v) is 5.19. The van der Waals surface area contributed by atoms with Crippen LogP contribution in [-0.4, -0.2) is 42.1 Å². The molecule has 3 rings (SSSR count). The Morgan fingerprint density at radius 2 is 1.73 bits per heavy atom. The number of halogens is 2. The molecule has 0 saturated heterocycles. The van der Waals surface area contributed by atoms with Gasteiger partial charge in [0.2, 0.25) is 0 Å². The van der Waals surface area contributed by atoms with Crippen LogP contribution in [-0.2, 0) is 20.0 Å². The first-order valence-electron chi connectivity index (χ1n) is 9.86. The standard InChI is InChI=1S/C23H30N4O.2ClH/c1-26(13-3-4-18-5-7-19(17-24)8-6-18)15-12-25-23(28)21-9-10-22-20(16-21)11-14-27(22)2;;/h5-11,14,16H,3-4,12-13,15,17,24H2,1-2H3,(H,25,28);2*1H. The molecular formula is C23H32Cl2N4O. The van der Waals surface area contributed by atoms with Crippen LogP contribution in [0, 0.1) is 0 Å². The zero-order chi connectivity index (χ0) is 19.9. The van der Waals surface area contributed by atoms with Crippen LogP contribution in [0.25, 0.3) is 10.9 Å². The minimum Gasteiger partial charge on any atom is -0.351 e. The van der Waals surface area contributed by atoms with Crippen molar-refractivity contribution in [3.8, 4) is 0 Å². The van der Waals surface area contributed by atoms with Crippen LogP contribution in [0.2, 0.25) is 0 Å². The zero-order valence-corrected chi connectivity index (χ0v) is 19.3. The largest absolute Gasteiger partial charge is 0.351 e. The van der Waals surface area contributed by atoms with Crippen molar-refractivity contribution in [1.82, 2.24) is 14.8 Å². The molecule has 0 aliphatic carbocycles. The molecule has 0 fully saturated rings. The number of benzene rings is 2. The number of carbonyl (C=O) groups excluding carboxylic acids is 1. The highest BCUT2D eigenvalue weighted by molar-refractivity contribution is 5.98. The second kappa shape index (κ2) is 12.6. The summed E-state index contributed by atoms with van der Waals surface area (Å²) in [5, 5.41) is 4.11. The second-order valence-corrected chi connectivity index (χ2v) is 7.38. The summed E-state index contributed by atoms with van der Waals surface area (Å²) >= 11 is 0. The average Bonchev–Trinajstić information content (AvgIpc) is 3.08. The lowest BCUT2D eigenvalue weighted by Gasteiger charge is -2.17. The van der Waals surface area contributed by atoms with Gasteiger partial charge >= 0.3 is 0 Å². The van der Waals surface area contributed by atoms with E-state index in [1.807, 2.05) is 37.5 Å². The highest BCUT2D eigenvalue weighted by atomic mass is 35.5. The van der Waals surface area contributed by atoms with Crippen molar-refractivity contribution in [1.29, 1.82) is 0 Å². The van der Waals surface area contributed by atoms with E-state index in [4.69, 9.17) is 5.73 Å². The van der Waals surface area contributed by atoms with Crippen LogP contribution in [0.4, 0.5) is 0 Å². The maximum Gasteiger partial charge on any atom is 0.251 e. The number of hydrogen-bond donors (Lipinski definition) is 2. The maximum absolute atomic E-state index is 12.4. The van der Waals surface area contributed by atoms with Crippen molar-refractivity contribution in [3.63, 3.8) is 0 Å². The fraction of sp³-hybridized carbons (Fsp3) is 0.348. The van der Waals surface area contributed by atoms with Crippen molar-refractivity contribution in [2.75, 3.05) is 26.7 Å². The summed E-state index contributed by atoms with van der Waals surface area (Å²) in [6, 6.07) is 16.4. The summed E-state index contributed by atoms with van der Waals surface area (Å²) in [7, 11) is 4.10. The van der Waals surface area contributed by atoms with Gasteiger partial charge in [0.15, 0.2) is 0 Å². The van der Waals surface area contributed by atoms with E-state index in [0.717, 1.165) is 36.8 Å². The Hall–Kier alpha value is -2.05. The third-order valence-electron chi connectivity index (χ3n) is 5.19. The smallest absolute Gasteiger partial charge is 0.251 e. The number of nitrogens with two attached hydrogens (primary N) is 1. The molecule has 0 saturated carbocycles. The minimum atomic E-state index is -0.0147. The van der Waals surface area contributed by atoms with Gasteiger partial charge in [-0.1, -0.05) is 24.3 Å². The number of amides is 1. The van der Waals surface area contributed by atoms with Crippen LogP contribution in [0.15, 0.2) is 54.7 Å². The second-order valence-electron chi connectivity index (χ2n) is 7.38. The first-order chi connectivity index (χ1) is 13.6. The number of hydrogen-bond acceptors (Lipinski definition) is 3. The summed E-state index contributed by atoms with van der Waals surface area (Å²) in [5.41, 5.74) is 9.99. The van der Waals surface area contributed by atoms with Crippen LogP contribution >= 0.6 is 24.8 Å². The number of aromatic nitrogens is 1. The SMILES string of the molecule is CN(CCCc1ccc(CN)cc1)CCNC(=O)c1ccc2c(ccn2C)c1.Cl.Cl. The summed E-state index contributed by atoms with van der Waals surface area (Å²) in [4.78, 5) is 14.6. The van der Waals surface area contributed by atoms with Crippen molar-refractivity contribution in [3.05, 3.63) is 71.4 Å². The van der Waals surface area contributed by atoms with Gasteiger partial charge in [0, 0.05) is 49.3 Å². The molecule has 0 atom stereocenters. The lowest BCUT2D eigenvalue weighted by molar-refractivity contribution is 0.0950. The van der Waals surface area contributed by atoms with Crippen LogP contribution in [0.1, 0.15) is 27.9 Å². The van der Waals surface area contributed by atoms with Gasteiger partial charge in [0.05, 0.1) is 0 Å². The number of nitrogens with one attached hydrogen (secondary N) is 1. The van der Waals surface area contributed by atoms with Crippen LogP contribution in [0.5, 0.6) is 0 Å². The van der Waals surface area contributed by atoms with E-state index in [2.05, 4.69) is 46.1 Å². The van der Waals surface area contributed by atoms with Gasteiger partial charge in [-0.05, 0) is 61.8 Å². The number of aryl methyl sites for hydroxylation is 2. The van der Waals surface area contributed by atoms with Crippen LogP contribution < -0.4 is 11.1 Å². The molecule has 0 aliphatic heterocycles. The molecule has 1 heterocycles. The van der Waals surface area contributed by atoms with E-state index in [1.165, 1.54) is 11.1 Å². The summed E-state index contributed by atoms with van der Waals surface area (Å²) in [6.07, 6.45) is 4.16. The molecule has 0 unspecified atom stereocenters. The number of carbonyl (C=O) groups is 1. The monoisotopic (exact) mass is 450 g/mol. The normalized spacial score (nSPS) is 10.5. The van der Waals surface area contributed by atoms with Gasteiger partial charge in [-0.25, -0.2) is 0 Å². The highest BCUT2D eigenvalue weighted by Crippen LogP contribution is 2.16. The van der Waals surface area contributed by atoms with E-state index in [-0.39, 0.29) is 30.7 Å². The maximum atomic E-state index is 12.4. The predicted molar refractivity (Wildman–Crippen MR) is 130 cm³/mol. The number of fused-ring (bicyclic) bond motifs is 1. The molecule has 7 heteroatoms. The summed E-state index contributed by atoms with van der Waals surface area (Å²) < 4.78 is 2.05. The van der Waals surface area contributed by atoms with E-state index in [9.17, 15) is 4.79 Å². The van der Waals surface area contributed by atoms with Crippen molar-refractivity contribution in [2.45, 2.75) is 19.4 Å². The van der Waals surface area contributed by atoms with Gasteiger partial charge in [0.1, 0.15) is 0 Å². The predicted octanol–water partition coefficient (Wildman–Crippen LogP) is 3.78. The molecule has 5 nitrogen and oxygen atoms in total. The van der Waals surface area contributed by atoms with E-state index < -0.39 is 0 Å². The van der Waals surface area contributed by atoms with Gasteiger partial charge in [-0.2, -0.15) is 0 Å². The Morgan fingerprint density at radius 1 is 1.03 bits per heavy atom. The van der Waals surface area contributed by atoms with Gasteiger partial charge in [-0.15, -0.1) is 24.8 Å². The quantitative estimate of drug-likeness (QED) is 0.521. The first kappa shape index (κ1) is 26.0. The Labute approximate surface area is 191 Å². The Bertz CT molecular complexity index is 925. The molecule has 3 aromatic rings. The molecule has 30 heavy (non-hydrogen) atoms. The van der Waals surface area contributed by atoms with E-state index in [0.29, 0.717) is 18.7 Å². The minimum absolute atomic E-state index is 0. The fourth-order valence-corrected chi connectivity index (χ4v) is 3.39. The van der Waals surface area contributed by atoms with Crippen molar-refractivity contribution < 1.29 is 4.79 Å². The topological polar surface area (TPSA) is 63.3 Å². The Morgan fingerprint density at radius 3 is 2.43 bits per heavy atom. The van der Waals surface area contributed by atoms with Gasteiger partial charge < -0.3 is 20.5 Å². The highest BCUT2D eigenvalue weighted by Gasteiger charge is 2.08. The molecule has 164 valence electrons. The van der Waals surface area contributed by atoms with Gasteiger partial charge in [0.25, 0.3) is 5.91 Å². The van der Waals surface area contributed by atoms with Crippen molar-refractivity contribution >= 4 is 41.6 Å². The summed E-state index contributed by atoms with van der Waals surface area (Å²) in [5.74, 6) is -0.0147. The molecule has 0 aliphatic rings. The zero-order valence-electron chi connectivity index (χ0n) is 17.6. The number of nitrogens with zero attached hydrogens (tertiary/aromatic N) is 2. The molecule has 1 aromatic heterocycles. The summed E-state index contributed by atoms with van der Waals surface area (Å²) in [6.45, 7) is 3.08. The molecule has 2 aromatic carbocycles. The lowest BCUT2D eigenvalue weighted by Crippen LogP contribution is -2.33. The number of likely N-dealkylation sites (N-methyl/N-ethyl adjacent to an activating group) is 1. The molecule has 1 amide bonds. The molecule has 0 bridgehead atoms. The molecule has 0 radical (unpaired) electrons. The van der Waals surface area contributed by atoms with Crippen molar-refractivity contribution in [2.24, 2.45) is 12.8 Å². The van der Waals surface area contributed by atoms with Gasteiger partial charge in [-0.3, -0.25) is 4.79 Å². The third kappa shape index (κ3) is 7.03. The molecule has 0 spiro atoms.